The molecule has 1 atom stereocenters. The van der Waals surface area contributed by atoms with E-state index in [-0.39, 0.29) is 31.3 Å². The lowest BCUT2D eigenvalue weighted by Gasteiger charge is -2.23. The predicted octanol–water partition coefficient (Wildman–Crippen LogP) is 0.849. The zero-order chi connectivity index (χ0) is 19.5. The third-order valence-electron chi connectivity index (χ3n) is 2.92. The van der Waals surface area contributed by atoms with Crippen LogP contribution in [0.4, 0.5) is 0 Å². The van der Waals surface area contributed by atoms with Crippen molar-refractivity contribution in [3.8, 4) is 0 Å². The number of amides is 2. The van der Waals surface area contributed by atoms with Crippen molar-refractivity contribution in [2.45, 2.75) is 58.1 Å². The first-order chi connectivity index (χ1) is 11.6. The third kappa shape index (κ3) is 11.7. The Kier molecular flexibility index (Phi) is 10.2. The van der Waals surface area contributed by atoms with E-state index in [0.717, 1.165) is 0 Å². The van der Waals surface area contributed by atoms with Gasteiger partial charge < -0.3 is 20.1 Å². The van der Waals surface area contributed by atoms with Gasteiger partial charge in [-0.15, -0.1) is 6.58 Å². The van der Waals surface area contributed by atoms with Gasteiger partial charge in [0.25, 0.3) is 0 Å². The summed E-state index contributed by atoms with van der Waals surface area (Å²) in [5.41, 5.74) is -0.679. The number of esters is 2. The summed E-state index contributed by atoms with van der Waals surface area (Å²) < 4.78 is 9.66. The number of rotatable bonds is 10. The maximum atomic E-state index is 11.9. The molecule has 2 amide bonds. The molecule has 0 aliphatic rings. The van der Waals surface area contributed by atoms with Gasteiger partial charge in [0.1, 0.15) is 11.6 Å². The summed E-state index contributed by atoms with van der Waals surface area (Å²) in [5, 5.41) is 4.87. The summed E-state index contributed by atoms with van der Waals surface area (Å²) in [6, 6.07) is -0.983. The Labute approximate surface area is 148 Å². The van der Waals surface area contributed by atoms with Crippen molar-refractivity contribution in [3.05, 3.63) is 12.7 Å². The third-order valence-corrected chi connectivity index (χ3v) is 2.92. The number of ether oxygens (including phenoxy) is 2. The number of hydrogen-bond acceptors (Lipinski definition) is 6. The molecule has 0 aliphatic heterocycles. The molecule has 0 fully saturated rings. The second kappa shape index (κ2) is 11.2. The van der Waals surface area contributed by atoms with Gasteiger partial charge in [0.2, 0.25) is 11.8 Å². The molecule has 0 aromatic heterocycles. The fourth-order valence-corrected chi connectivity index (χ4v) is 1.73. The van der Waals surface area contributed by atoms with Crippen LogP contribution in [0.2, 0.25) is 0 Å². The second-order valence-electron chi connectivity index (χ2n) is 6.37. The fraction of sp³-hybridized carbons (Fsp3) is 0.647. The van der Waals surface area contributed by atoms with E-state index >= 15 is 0 Å². The first-order valence-electron chi connectivity index (χ1n) is 8.07. The highest BCUT2D eigenvalue weighted by molar-refractivity contribution is 5.89. The highest BCUT2D eigenvalue weighted by Crippen LogP contribution is 2.08. The molecule has 0 unspecified atom stereocenters. The minimum Gasteiger partial charge on any atom is -0.469 e. The highest BCUT2D eigenvalue weighted by atomic mass is 16.6. The van der Waals surface area contributed by atoms with Crippen LogP contribution >= 0.6 is 0 Å². The van der Waals surface area contributed by atoms with Crippen molar-refractivity contribution in [2.24, 2.45) is 0 Å². The smallest absolute Gasteiger partial charge is 0.333 e. The number of carbonyl (C=O) groups is 4. The Hall–Kier alpha value is -2.38. The van der Waals surface area contributed by atoms with E-state index < -0.39 is 23.5 Å². The van der Waals surface area contributed by atoms with Crippen LogP contribution in [-0.4, -0.2) is 49.1 Å². The molecule has 0 rings (SSSR count). The van der Waals surface area contributed by atoms with Gasteiger partial charge in [-0.1, -0.05) is 6.08 Å². The van der Waals surface area contributed by atoms with E-state index in [4.69, 9.17) is 4.74 Å². The standard InChI is InChI=1S/C17H28N2O6/c1-6-12(16(23)25-17(2,3)4)19-14(21)11-18-13(20)9-7-8-10-15(22)24-5/h6,12H,1,7-11H2,2-5H3,(H,18,20)(H,19,21)/t12-/m1/s1. The fourth-order valence-electron chi connectivity index (χ4n) is 1.73. The van der Waals surface area contributed by atoms with Crippen LogP contribution in [0.15, 0.2) is 12.7 Å². The van der Waals surface area contributed by atoms with Gasteiger partial charge in [0.15, 0.2) is 0 Å². The summed E-state index contributed by atoms with van der Waals surface area (Å²) in [4.78, 5) is 46.2. The lowest BCUT2D eigenvalue weighted by atomic mass is 10.2. The Morgan fingerprint density at radius 2 is 1.68 bits per heavy atom. The first-order valence-corrected chi connectivity index (χ1v) is 8.07. The van der Waals surface area contributed by atoms with Crippen LogP contribution in [0, 0.1) is 0 Å². The Morgan fingerprint density at radius 1 is 1.08 bits per heavy atom. The van der Waals surface area contributed by atoms with E-state index in [0.29, 0.717) is 12.8 Å². The number of methoxy groups -OCH3 is 1. The first kappa shape index (κ1) is 22.6. The van der Waals surface area contributed by atoms with E-state index in [1.165, 1.54) is 13.2 Å². The summed E-state index contributed by atoms with van der Waals surface area (Å²) in [6.07, 6.45) is 2.75. The van der Waals surface area contributed by atoms with Gasteiger partial charge in [-0.25, -0.2) is 4.79 Å². The molecule has 0 aliphatic carbocycles. The molecule has 0 saturated heterocycles. The van der Waals surface area contributed by atoms with Gasteiger partial charge in [0.05, 0.1) is 13.7 Å². The van der Waals surface area contributed by atoms with Crippen LogP contribution in [0.1, 0.15) is 46.5 Å². The summed E-state index contributed by atoms with van der Waals surface area (Å²) in [5.74, 6) is -1.78. The monoisotopic (exact) mass is 356 g/mol. The predicted molar refractivity (Wildman–Crippen MR) is 91.5 cm³/mol. The maximum Gasteiger partial charge on any atom is 0.333 e. The molecule has 8 heteroatoms. The second-order valence-corrected chi connectivity index (χ2v) is 6.37. The van der Waals surface area contributed by atoms with Crippen molar-refractivity contribution in [2.75, 3.05) is 13.7 Å². The number of hydrogen-bond donors (Lipinski definition) is 2. The average Bonchev–Trinajstić information content (AvgIpc) is 2.52. The van der Waals surface area contributed by atoms with E-state index in [1.807, 2.05) is 0 Å². The largest absolute Gasteiger partial charge is 0.469 e. The SMILES string of the molecule is C=C[C@@H](NC(=O)CNC(=O)CCCCC(=O)OC)C(=O)OC(C)(C)C. The van der Waals surface area contributed by atoms with Crippen molar-refractivity contribution < 1.29 is 28.7 Å². The normalized spacial score (nSPS) is 11.8. The number of nitrogens with one attached hydrogen (secondary N) is 2. The van der Waals surface area contributed by atoms with E-state index in [2.05, 4.69) is 21.9 Å². The van der Waals surface area contributed by atoms with Crippen LogP contribution in [0.5, 0.6) is 0 Å². The molecule has 25 heavy (non-hydrogen) atoms. The van der Waals surface area contributed by atoms with Crippen molar-refractivity contribution >= 4 is 23.8 Å². The van der Waals surface area contributed by atoms with Crippen molar-refractivity contribution in [3.63, 3.8) is 0 Å². The van der Waals surface area contributed by atoms with Gasteiger partial charge in [-0.05, 0) is 33.6 Å². The van der Waals surface area contributed by atoms with Crippen molar-refractivity contribution in [1.82, 2.24) is 10.6 Å². The molecule has 0 heterocycles. The minimum atomic E-state index is -0.983. The van der Waals surface area contributed by atoms with Gasteiger partial charge in [0, 0.05) is 12.8 Å². The Balaban J connectivity index is 4.11. The van der Waals surface area contributed by atoms with Crippen molar-refractivity contribution in [1.29, 1.82) is 0 Å². The van der Waals surface area contributed by atoms with Gasteiger partial charge >= 0.3 is 11.9 Å². The average molecular weight is 356 g/mol. The topological polar surface area (TPSA) is 111 Å². The molecular weight excluding hydrogens is 328 g/mol. The van der Waals surface area contributed by atoms with E-state index in [1.54, 1.807) is 20.8 Å². The quantitative estimate of drug-likeness (QED) is 0.341. The molecule has 0 radical (unpaired) electrons. The van der Waals surface area contributed by atoms with Crippen LogP contribution in [-0.2, 0) is 28.7 Å². The molecule has 8 nitrogen and oxygen atoms in total. The summed E-state index contributed by atoms with van der Waals surface area (Å²) >= 11 is 0. The van der Waals surface area contributed by atoms with Gasteiger partial charge in [-0.2, -0.15) is 0 Å². The molecule has 142 valence electrons. The molecule has 0 bridgehead atoms. The lowest BCUT2D eigenvalue weighted by Crippen LogP contribution is -2.46. The summed E-state index contributed by atoms with van der Waals surface area (Å²) in [6.45, 7) is 8.38. The Morgan fingerprint density at radius 3 is 2.20 bits per heavy atom. The van der Waals surface area contributed by atoms with E-state index in [9.17, 15) is 19.2 Å². The zero-order valence-corrected chi connectivity index (χ0v) is 15.3. The van der Waals surface area contributed by atoms with Crippen LogP contribution in [0.3, 0.4) is 0 Å². The van der Waals surface area contributed by atoms with Crippen LogP contribution < -0.4 is 10.6 Å². The molecule has 0 aromatic carbocycles. The maximum absolute atomic E-state index is 11.9. The molecule has 0 saturated carbocycles. The molecule has 0 spiro atoms. The molecule has 2 N–H and O–H groups in total. The highest BCUT2D eigenvalue weighted by Gasteiger charge is 2.24. The van der Waals surface area contributed by atoms with Crippen LogP contribution in [0.25, 0.3) is 0 Å². The number of unbranched alkanes of at least 4 members (excludes halogenated alkanes) is 1. The Bertz CT molecular complexity index is 496. The lowest BCUT2D eigenvalue weighted by molar-refractivity contribution is -0.157. The zero-order valence-electron chi connectivity index (χ0n) is 15.3. The molecule has 0 aromatic rings. The minimum absolute atomic E-state index is 0.196. The number of carbonyl (C=O) groups excluding carboxylic acids is 4. The summed E-state index contributed by atoms with van der Waals surface area (Å²) in [7, 11) is 1.31. The molecular formula is C17H28N2O6. The van der Waals surface area contributed by atoms with Gasteiger partial charge in [-0.3, -0.25) is 14.4 Å².